The number of rotatable bonds is 8. The molecular weight excluding hydrogens is 296 g/mol. The van der Waals surface area contributed by atoms with Crippen molar-refractivity contribution in [3.8, 4) is 0 Å². The van der Waals surface area contributed by atoms with Crippen molar-refractivity contribution < 1.29 is 19.1 Å². The second-order valence-corrected chi connectivity index (χ2v) is 4.99. The average Bonchev–Trinajstić information content (AvgIpc) is 3.05. The van der Waals surface area contributed by atoms with Crippen LogP contribution in [0.5, 0.6) is 0 Å². The second kappa shape index (κ2) is 8.73. The zero-order valence-corrected chi connectivity index (χ0v) is 13.7. The fraction of sp³-hybridized carbons (Fsp3) is 0.353. The van der Waals surface area contributed by atoms with Crippen LogP contribution in [0.3, 0.4) is 0 Å². The third-order valence-electron chi connectivity index (χ3n) is 3.39. The van der Waals surface area contributed by atoms with E-state index in [1.54, 1.807) is 30.0 Å². The van der Waals surface area contributed by atoms with Gasteiger partial charge in [0.05, 0.1) is 31.6 Å². The summed E-state index contributed by atoms with van der Waals surface area (Å²) in [5.41, 5.74) is 1.18. The molecular formula is C17H22N2O4. The van der Waals surface area contributed by atoms with Crippen LogP contribution in [-0.4, -0.2) is 35.2 Å². The van der Waals surface area contributed by atoms with Gasteiger partial charge in [-0.25, -0.2) is 9.78 Å². The molecule has 0 bridgehead atoms. The number of hydrogen-bond acceptors (Lipinski definition) is 5. The minimum Gasteiger partial charge on any atom is -0.469 e. The number of hydrogen-bond donors (Lipinski definition) is 0. The van der Waals surface area contributed by atoms with Crippen molar-refractivity contribution in [3.63, 3.8) is 0 Å². The highest BCUT2D eigenvalue weighted by Gasteiger charge is 2.21. The fourth-order valence-corrected chi connectivity index (χ4v) is 1.99. The van der Waals surface area contributed by atoms with Crippen LogP contribution in [0.4, 0.5) is 0 Å². The molecule has 0 aromatic carbocycles. The lowest BCUT2D eigenvalue weighted by Gasteiger charge is -2.17. The molecule has 1 aromatic rings. The Labute approximate surface area is 136 Å². The van der Waals surface area contributed by atoms with Gasteiger partial charge in [-0.05, 0) is 19.4 Å². The minimum absolute atomic E-state index is 0.0537. The van der Waals surface area contributed by atoms with Gasteiger partial charge in [0.25, 0.3) is 0 Å². The Morgan fingerprint density at radius 1 is 1.39 bits per heavy atom. The lowest BCUT2D eigenvalue weighted by atomic mass is 10.1. The Balaban J connectivity index is 2.87. The van der Waals surface area contributed by atoms with E-state index in [4.69, 9.17) is 4.74 Å². The first kappa shape index (κ1) is 18.4. The van der Waals surface area contributed by atoms with E-state index in [1.165, 1.54) is 13.3 Å². The standard InChI is InChI=1S/C17H22N2O4/c1-6-8-14(7-2)13(4)19-11-18-9-15(19)17(21)23-10-12(3)16(20)22-5/h6-9,11-13H,1-2,10H2,3-5H3/b14-8+/t12-,13+/m0/s1. The molecule has 0 fully saturated rings. The Hall–Kier alpha value is -2.63. The summed E-state index contributed by atoms with van der Waals surface area (Å²) >= 11 is 0. The molecule has 0 saturated heterocycles. The monoisotopic (exact) mass is 318 g/mol. The molecule has 0 amide bonds. The largest absolute Gasteiger partial charge is 0.469 e. The molecule has 6 nitrogen and oxygen atoms in total. The third-order valence-corrected chi connectivity index (χ3v) is 3.39. The molecule has 2 atom stereocenters. The summed E-state index contributed by atoms with van der Waals surface area (Å²) in [7, 11) is 1.29. The van der Waals surface area contributed by atoms with E-state index in [2.05, 4.69) is 22.9 Å². The maximum atomic E-state index is 12.2. The fourth-order valence-electron chi connectivity index (χ4n) is 1.99. The Morgan fingerprint density at radius 3 is 2.65 bits per heavy atom. The van der Waals surface area contributed by atoms with Gasteiger partial charge in [-0.3, -0.25) is 4.79 Å². The van der Waals surface area contributed by atoms with Gasteiger partial charge in [0.15, 0.2) is 0 Å². The van der Waals surface area contributed by atoms with Crippen LogP contribution in [0.1, 0.15) is 30.4 Å². The predicted molar refractivity (Wildman–Crippen MR) is 86.9 cm³/mol. The van der Waals surface area contributed by atoms with Gasteiger partial charge in [0, 0.05) is 0 Å². The van der Waals surface area contributed by atoms with Gasteiger partial charge in [-0.2, -0.15) is 0 Å². The summed E-state index contributed by atoms with van der Waals surface area (Å²) in [4.78, 5) is 27.5. The van der Waals surface area contributed by atoms with E-state index in [-0.39, 0.29) is 12.6 Å². The maximum Gasteiger partial charge on any atom is 0.356 e. The van der Waals surface area contributed by atoms with E-state index in [0.29, 0.717) is 5.69 Å². The van der Waals surface area contributed by atoms with Crippen LogP contribution in [0.2, 0.25) is 0 Å². The second-order valence-electron chi connectivity index (χ2n) is 4.99. The molecule has 0 aliphatic heterocycles. The van der Waals surface area contributed by atoms with Gasteiger partial charge in [-0.15, -0.1) is 0 Å². The summed E-state index contributed by atoms with van der Waals surface area (Å²) in [6, 6.07) is -0.159. The highest BCUT2D eigenvalue weighted by atomic mass is 16.5. The summed E-state index contributed by atoms with van der Waals surface area (Å²) in [6.07, 6.45) is 8.13. The molecule has 0 N–H and O–H groups in total. The average molecular weight is 318 g/mol. The smallest absolute Gasteiger partial charge is 0.356 e. The number of nitrogens with zero attached hydrogens (tertiary/aromatic N) is 2. The van der Waals surface area contributed by atoms with Gasteiger partial charge < -0.3 is 14.0 Å². The topological polar surface area (TPSA) is 70.4 Å². The molecule has 0 spiro atoms. The lowest BCUT2D eigenvalue weighted by Crippen LogP contribution is -2.22. The van der Waals surface area contributed by atoms with E-state index >= 15 is 0 Å². The van der Waals surface area contributed by atoms with Crippen molar-refractivity contribution in [2.75, 3.05) is 13.7 Å². The molecule has 0 unspecified atom stereocenters. The minimum atomic E-state index is -0.549. The Bertz CT molecular complexity index is 616. The van der Waals surface area contributed by atoms with E-state index in [9.17, 15) is 9.59 Å². The van der Waals surface area contributed by atoms with Gasteiger partial charge >= 0.3 is 11.9 Å². The van der Waals surface area contributed by atoms with Crippen molar-refractivity contribution in [2.45, 2.75) is 19.9 Å². The molecule has 23 heavy (non-hydrogen) atoms. The first-order chi connectivity index (χ1) is 11.0. The molecule has 0 saturated carbocycles. The van der Waals surface area contributed by atoms with E-state index in [1.807, 2.05) is 13.0 Å². The van der Waals surface area contributed by atoms with E-state index in [0.717, 1.165) is 5.57 Å². The number of aromatic nitrogens is 2. The van der Waals surface area contributed by atoms with Crippen LogP contribution in [-0.2, 0) is 14.3 Å². The van der Waals surface area contributed by atoms with Crippen LogP contribution >= 0.6 is 0 Å². The number of carbonyl (C=O) groups excluding carboxylic acids is 2. The van der Waals surface area contributed by atoms with Crippen LogP contribution < -0.4 is 0 Å². The van der Waals surface area contributed by atoms with Crippen LogP contribution in [0, 0.1) is 5.92 Å². The van der Waals surface area contributed by atoms with Gasteiger partial charge in [0.2, 0.25) is 0 Å². The van der Waals surface area contributed by atoms with Gasteiger partial charge in [-0.1, -0.05) is 31.4 Å². The maximum absolute atomic E-state index is 12.2. The quantitative estimate of drug-likeness (QED) is 0.544. The van der Waals surface area contributed by atoms with Crippen molar-refractivity contribution in [1.29, 1.82) is 0 Å². The molecule has 0 aliphatic carbocycles. The van der Waals surface area contributed by atoms with Crippen LogP contribution in [0.15, 0.2) is 49.5 Å². The number of methoxy groups -OCH3 is 1. The summed E-state index contributed by atoms with van der Waals surface area (Å²) in [6.45, 7) is 10.9. The first-order valence-electron chi connectivity index (χ1n) is 7.18. The highest BCUT2D eigenvalue weighted by Crippen LogP contribution is 2.20. The first-order valence-corrected chi connectivity index (χ1v) is 7.18. The van der Waals surface area contributed by atoms with Crippen molar-refractivity contribution in [3.05, 3.63) is 55.2 Å². The summed E-state index contributed by atoms with van der Waals surface area (Å²) < 4.78 is 11.4. The Kier molecular flexibility index (Phi) is 6.99. The van der Waals surface area contributed by atoms with E-state index < -0.39 is 17.9 Å². The Morgan fingerprint density at radius 2 is 2.09 bits per heavy atom. The number of allylic oxidation sites excluding steroid dienone is 4. The van der Waals surface area contributed by atoms with Crippen LogP contribution in [0.25, 0.3) is 0 Å². The van der Waals surface area contributed by atoms with Crippen molar-refractivity contribution >= 4 is 11.9 Å². The molecule has 6 heteroatoms. The molecule has 1 heterocycles. The zero-order chi connectivity index (χ0) is 17.4. The number of esters is 2. The SMILES string of the molecule is C=C/C=C(\C=C)[C@@H](C)n1cncc1C(=O)OC[C@H](C)C(=O)OC. The normalized spacial score (nSPS) is 13.8. The van der Waals surface area contributed by atoms with Gasteiger partial charge in [0.1, 0.15) is 12.3 Å². The molecule has 1 aromatic heterocycles. The molecule has 0 aliphatic rings. The zero-order valence-electron chi connectivity index (χ0n) is 13.7. The number of imidazole rings is 1. The number of ether oxygens (including phenoxy) is 2. The third kappa shape index (κ3) is 4.67. The summed E-state index contributed by atoms with van der Waals surface area (Å²) in [5, 5.41) is 0. The number of carbonyl (C=O) groups is 2. The predicted octanol–water partition coefficient (Wildman–Crippen LogP) is 2.71. The molecule has 0 radical (unpaired) electrons. The summed E-state index contributed by atoms with van der Waals surface area (Å²) in [5.74, 6) is -1.50. The molecule has 124 valence electrons. The lowest BCUT2D eigenvalue weighted by molar-refractivity contribution is -0.146. The molecule has 1 rings (SSSR count). The van der Waals surface area contributed by atoms with Crippen molar-refractivity contribution in [2.24, 2.45) is 5.92 Å². The highest BCUT2D eigenvalue weighted by molar-refractivity contribution is 5.87. The van der Waals surface area contributed by atoms with Crippen molar-refractivity contribution in [1.82, 2.24) is 9.55 Å².